The van der Waals surface area contributed by atoms with Crippen LogP contribution in [0.15, 0.2) is 72.6 Å². The van der Waals surface area contributed by atoms with Crippen molar-refractivity contribution in [2.24, 2.45) is 5.41 Å². The van der Waals surface area contributed by atoms with Crippen molar-refractivity contribution in [3.8, 4) is 17.1 Å². The van der Waals surface area contributed by atoms with E-state index in [4.69, 9.17) is 4.74 Å². The van der Waals surface area contributed by atoms with E-state index in [0.29, 0.717) is 23.9 Å². The molecule has 33 heavy (non-hydrogen) atoms. The molecule has 1 atom stereocenters. The number of rotatable bonds is 8. The van der Waals surface area contributed by atoms with E-state index in [1.165, 1.54) is 6.07 Å². The molecule has 0 saturated heterocycles. The molecule has 1 aromatic carbocycles. The van der Waals surface area contributed by atoms with Crippen LogP contribution in [0, 0.1) is 5.41 Å². The third kappa shape index (κ3) is 6.16. The minimum absolute atomic E-state index is 0.0580. The molecule has 0 spiro atoms. The third-order valence-electron chi connectivity index (χ3n) is 4.96. The number of hydrogen-bond acceptors (Lipinski definition) is 6. The summed E-state index contributed by atoms with van der Waals surface area (Å²) in [5.74, 6) is 1.01. The molecule has 3 aromatic rings. The summed E-state index contributed by atoms with van der Waals surface area (Å²) in [5, 5.41) is 7.53. The Morgan fingerprint density at radius 2 is 1.97 bits per heavy atom. The van der Waals surface area contributed by atoms with Crippen LogP contribution in [-0.4, -0.2) is 33.4 Å². The minimum atomic E-state index is -0.222. The monoisotopic (exact) mass is 445 g/mol. The summed E-state index contributed by atoms with van der Waals surface area (Å²) < 4.78 is 7.40. The van der Waals surface area contributed by atoms with Gasteiger partial charge in [-0.25, -0.2) is 14.6 Å². The maximum Gasteiger partial charge on any atom is 0.203 e. The second-order valence-electron chi connectivity index (χ2n) is 9.01. The minimum Gasteiger partial charge on any atom is -0.490 e. The molecule has 0 radical (unpaired) electrons. The van der Waals surface area contributed by atoms with Gasteiger partial charge in [-0.3, -0.25) is 4.79 Å². The van der Waals surface area contributed by atoms with Gasteiger partial charge in [0.25, 0.3) is 0 Å². The smallest absolute Gasteiger partial charge is 0.203 e. The van der Waals surface area contributed by atoms with E-state index < -0.39 is 0 Å². The van der Waals surface area contributed by atoms with Gasteiger partial charge >= 0.3 is 0 Å². The highest BCUT2D eigenvalue weighted by Crippen LogP contribution is 2.25. The fourth-order valence-corrected chi connectivity index (χ4v) is 3.18. The van der Waals surface area contributed by atoms with Crippen molar-refractivity contribution in [3.63, 3.8) is 0 Å². The summed E-state index contributed by atoms with van der Waals surface area (Å²) in [7, 11) is 1.80. The number of hydrogen-bond donors (Lipinski definition) is 1. The highest BCUT2D eigenvalue weighted by atomic mass is 16.5. The van der Waals surface area contributed by atoms with Gasteiger partial charge in [0.1, 0.15) is 5.69 Å². The summed E-state index contributed by atoms with van der Waals surface area (Å²) in [5.41, 5.74) is 2.94. The summed E-state index contributed by atoms with van der Waals surface area (Å²) in [6, 6.07) is 9.38. The number of ether oxygens (including phenoxy) is 1. The Morgan fingerprint density at radius 3 is 2.61 bits per heavy atom. The first-order chi connectivity index (χ1) is 15.7. The van der Waals surface area contributed by atoms with E-state index in [2.05, 4.69) is 47.7 Å². The van der Waals surface area contributed by atoms with Crippen molar-refractivity contribution < 1.29 is 4.74 Å². The molecule has 7 heteroatoms. The summed E-state index contributed by atoms with van der Waals surface area (Å²) in [6.07, 6.45) is 8.46. The Kier molecular flexibility index (Phi) is 7.43. The number of benzene rings is 1. The lowest BCUT2D eigenvalue weighted by Gasteiger charge is -2.18. The van der Waals surface area contributed by atoms with Gasteiger partial charge < -0.3 is 10.1 Å². The average molecular weight is 446 g/mol. The second kappa shape index (κ2) is 10.3. The second-order valence-corrected chi connectivity index (χ2v) is 9.01. The lowest BCUT2D eigenvalue weighted by Crippen LogP contribution is -2.19. The van der Waals surface area contributed by atoms with Crippen LogP contribution in [0.1, 0.15) is 44.9 Å². The van der Waals surface area contributed by atoms with Crippen LogP contribution < -0.4 is 15.5 Å². The van der Waals surface area contributed by atoms with Crippen LogP contribution >= 0.6 is 0 Å². The first kappa shape index (κ1) is 23.9. The van der Waals surface area contributed by atoms with Gasteiger partial charge in [-0.15, -0.1) is 0 Å². The molecular formula is C26H31N5O2. The third-order valence-corrected chi connectivity index (χ3v) is 4.96. The van der Waals surface area contributed by atoms with E-state index in [1.807, 2.05) is 31.2 Å². The van der Waals surface area contributed by atoms with Gasteiger partial charge in [0.15, 0.2) is 11.6 Å². The van der Waals surface area contributed by atoms with E-state index in [-0.39, 0.29) is 16.8 Å². The number of nitrogens with zero attached hydrogens (tertiary/aromatic N) is 4. The molecule has 1 N–H and O–H groups in total. The van der Waals surface area contributed by atoms with Crippen LogP contribution in [0.3, 0.4) is 0 Å². The molecule has 2 aromatic heterocycles. The van der Waals surface area contributed by atoms with Crippen molar-refractivity contribution in [1.82, 2.24) is 25.1 Å². The number of nitrogens with one attached hydrogen (secondary N) is 1. The number of allylic oxidation sites excluding steroid dienone is 2. The normalized spacial score (nSPS) is 12.8. The molecule has 0 aliphatic heterocycles. The van der Waals surface area contributed by atoms with Crippen molar-refractivity contribution in [2.45, 2.75) is 33.6 Å². The predicted octanol–water partition coefficient (Wildman–Crippen LogP) is 4.48. The maximum atomic E-state index is 12.6. The predicted molar refractivity (Wildman–Crippen MR) is 132 cm³/mol. The van der Waals surface area contributed by atoms with E-state index >= 15 is 0 Å². The van der Waals surface area contributed by atoms with Gasteiger partial charge in [-0.05, 0) is 23.1 Å². The molecule has 1 unspecified atom stereocenters. The van der Waals surface area contributed by atoms with Crippen LogP contribution in [0.4, 0.5) is 0 Å². The Hall–Kier alpha value is -3.74. The zero-order chi connectivity index (χ0) is 24.0. The Labute approximate surface area is 194 Å². The molecule has 7 nitrogen and oxygen atoms in total. The van der Waals surface area contributed by atoms with Crippen molar-refractivity contribution in [2.75, 3.05) is 13.7 Å². The first-order valence-corrected chi connectivity index (χ1v) is 10.9. The van der Waals surface area contributed by atoms with Crippen molar-refractivity contribution in [1.29, 1.82) is 0 Å². The molecule has 2 heterocycles. The highest BCUT2D eigenvalue weighted by molar-refractivity contribution is 5.57. The molecule has 0 bridgehead atoms. The zero-order valence-electron chi connectivity index (χ0n) is 19.9. The van der Waals surface area contributed by atoms with Gasteiger partial charge in [0, 0.05) is 37.0 Å². The van der Waals surface area contributed by atoms with Crippen LogP contribution in [-0.2, 0) is 0 Å². The van der Waals surface area contributed by atoms with Gasteiger partial charge in [0.2, 0.25) is 5.43 Å². The molecular weight excluding hydrogens is 414 g/mol. The Bertz CT molecular complexity index is 1190. The van der Waals surface area contributed by atoms with Gasteiger partial charge in [0.05, 0.1) is 24.7 Å². The fraction of sp³-hybridized carbons (Fsp3) is 0.308. The lowest BCUT2D eigenvalue weighted by atomic mass is 9.95. The first-order valence-electron chi connectivity index (χ1n) is 10.9. The average Bonchev–Trinajstić information content (AvgIpc) is 2.81. The van der Waals surface area contributed by atoms with Crippen molar-refractivity contribution >= 4 is 5.70 Å². The van der Waals surface area contributed by atoms with Crippen LogP contribution in [0.2, 0.25) is 0 Å². The van der Waals surface area contributed by atoms with E-state index in [9.17, 15) is 4.79 Å². The fourth-order valence-electron chi connectivity index (χ4n) is 3.18. The highest BCUT2D eigenvalue weighted by Gasteiger charge is 2.17. The van der Waals surface area contributed by atoms with Crippen LogP contribution in [0.25, 0.3) is 17.1 Å². The van der Waals surface area contributed by atoms with Crippen molar-refractivity contribution in [3.05, 3.63) is 89.3 Å². The largest absolute Gasteiger partial charge is 0.490 e. The topological polar surface area (TPSA) is 81.9 Å². The standard InChI is InChI=1S/C26H31N5O2/c1-7-21(14-27-6)31-12-11-23(32)24(30-31)18(2)19-9-8-10-20(13-19)25-28-15-22(16-29-25)33-17-26(3,4)5/h7-16,18,27H,1,17H2,2-6H3/b21-14+. The lowest BCUT2D eigenvalue weighted by molar-refractivity contribution is 0.197. The molecule has 172 valence electrons. The molecule has 0 aliphatic rings. The summed E-state index contributed by atoms with van der Waals surface area (Å²) >= 11 is 0. The molecule has 0 amide bonds. The molecule has 0 aliphatic carbocycles. The quantitative estimate of drug-likeness (QED) is 0.515. The maximum absolute atomic E-state index is 12.6. The Balaban J connectivity index is 1.87. The molecule has 0 fully saturated rings. The molecule has 0 saturated carbocycles. The van der Waals surface area contributed by atoms with E-state index in [1.54, 1.807) is 42.6 Å². The number of aromatic nitrogens is 4. The van der Waals surface area contributed by atoms with E-state index in [0.717, 1.165) is 16.8 Å². The van der Waals surface area contributed by atoms with Gasteiger partial charge in [-0.2, -0.15) is 5.10 Å². The molecule has 3 rings (SSSR count). The summed E-state index contributed by atoms with van der Waals surface area (Å²) in [4.78, 5) is 21.5. The Morgan fingerprint density at radius 1 is 1.24 bits per heavy atom. The zero-order valence-corrected chi connectivity index (χ0v) is 19.9. The summed E-state index contributed by atoms with van der Waals surface area (Å²) in [6.45, 7) is 12.7. The SMILES string of the molecule is C=C/C(=C\NC)n1ccc(=O)c(C(C)c2cccc(-c3ncc(OCC(C)(C)C)cn3)c2)n1. The van der Waals surface area contributed by atoms with Gasteiger partial charge in [-0.1, -0.05) is 52.5 Å². The van der Waals surface area contributed by atoms with Crippen LogP contribution in [0.5, 0.6) is 5.75 Å².